The van der Waals surface area contributed by atoms with Crippen molar-refractivity contribution in [1.29, 1.82) is 0 Å². The molecule has 7 rings (SSSR count). The van der Waals surface area contributed by atoms with Crippen LogP contribution in [0.2, 0.25) is 0 Å². The molecule has 206 valence electrons. The van der Waals surface area contributed by atoms with Gasteiger partial charge in [-0.1, -0.05) is 6.92 Å². The zero-order valence-corrected chi connectivity index (χ0v) is 23.4. The highest BCUT2D eigenvalue weighted by Crippen LogP contribution is 2.48. The first-order valence-corrected chi connectivity index (χ1v) is 14.2. The van der Waals surface area contributed by atoms with Crippen LogP contribution < -0.4 is 10.8 Å². The lowest BCUT2D eigenvalue weighted by molar-refractivity contribution is 0.0814. The molecule has 2 aliphatic rings. The zero-order valence-electron chi connectivity index (χ0n) is 22.6. The fourth-order valence-corrected chi connectivity index (χ4v) is 7.11. The van der Waals surface area contributed by atoms with Crippen molar-refractivity contribution in [2.45, 2.75) is 19.8 Å². The number of thiophene rings is 1. The molecular weight excluding hydrogens is 538 g/mol. The molecule has 1 aliphatic heterocycles. The second-order valence-corrected chi connectivity index (χ2v) is 11.6. The smallest absolute Gasteiger partial charge is 0.274 e. The number of benzene rings is 2. The molecule has 10 heteroatoms. The van der Waals surface area contributed by atoms with E-state index in [1.165, 1.54) is 11.3 Å². The van der Waals surface area contributed by atoms with Crippen molar-refractivity contribution in [3.8, 4) is 0 Å². The first-order chi connectivity index (χ1) is 19.8. The number of rotatable bonds is 5. The predicted octanol–water partition coefficient (Wildman–Crippen LogP) is 6.20. The van der Waals surface area contributed by atoms with Gasteiger partial charge in [-0.2, -0.15) is 0 Å². The number of H-pyrrole nitrogens is 2. The second-order valence-electron chi connectivity index (χ2n) is 10.7. The molecule has 4 heterocycles. The number of allylic oxidation sites excluding steroid dienone is 2. The Morgan fingerprint density at radius 2 is 1.68 bits per heavy atom. The van der Waals surface area contributed by atoms with Crippen molar-refractivity contribution in [3.63, 3.8) is 0 Å². The second kappa shape index (κ2) is 9.46. The van der Waals surface area contributed by atoms with Crippen molar-refractivity contribution in [1.82, 2.24) is 14.9 Å². The van der Waals surface area contributed by atoms with E-state index in [0.717, 1.165) is 49.2 Å². The average molecular weight is 566 g/mol. The summed E-state index contributed by atoms with van der Waals surface area (Å²) in [5, 5.41) is 6.64. The van der Waals surface area contributed by atoms with E-state index >= 15 is 0 Å². The van der Waals surface area contributed by atoms with Gasteiger partial charge in [0.05, 0.1) is 17.7 Å². The highest BCUT2D eigenvalue weighted by Gasteiger charge is 2.44. The molecule has 0 bridgehead atoms. The van der Waals surface area contributed by atoms with E-state index in [-0.39, 0.29) is 29.4 Å². The summed E-state index contributed by atoms with van der Waals surface area (Å²) in [6.45, 7) is 4.71. The van der Waals surface area contributed by atoms with Crippen LogP contribution in [-0.2, 0) is 4.84 Å². The van der Waals surface area contributed by atoms with Crippen LogP contribution in [-0.4, -0.2) is 46.1 Å². The maximum absolute atomic E-state index is 13.7. The fourth-order valence-electron chi connectivity index (χ4n) is 6.09. The Hall–Kier alpha value is -4.67. The topological polar surface area (TPSA) is 119 Å². The van der Waals surface area contributed by atoms with Gasteiger partial charge in [-0.15, -0.1) is 11.3 Å². The molecule has 2 atom stereocenters. The van der Waals surface area contributed by atoms with Crippen LogP contribution in [0.25, 0.3) is 21.8 Å². The molecule has 1 saturated heterocycles. The Bertz CT molecular complexity index is 1930. The number of carbonyl (C=O) groups excluding carboxylic acids is 3. The molecule has 5 aromatic rings. The molecule has 1 unspecified atom stereocenters. The number of anilines is 2. The van der Waals surface area contributed by atoms with Crippen molar-refractivity contribution in [2.75, 3.05) is 24.5 Å². The van der Waals surface area contributed by atoms with Crippen LogP contribution in [0.15, 0.2) is 65.7 Å². The maximum atomic E-state index is 13.7. The van der Waals surface area contributed by atoms with Crippen molar-refractivity contribution in [3.05, 3.63) is 93.1 Å². The number of carbonyl (C=O) groups is 3. The summed E-state index contributed by atoms with van der Waals surface area (Å²) in [6, 6.07) is 14.7. The van der Waals surface area contributed by atoms with Gasteiger partial charge in [0.2, 0.25) is 0 Å². The number of ketones is 1. The summed E-state index contributed by atoms with van der Waals surface area (Å²) in [6.07, 6.45) is 1.64. The van der Waals surface area contributed by atoms with Gasteiger partial charge in [0, 0.05) is 51.7 Å². The van der Waals surface area contributed by atoms with E-state index in [4.69, 9.17) is 4.84 Å². The number of aromatic amines is 2. The Balaban J connectivity index is 1.12. The van der Waals surface area contributed by atoms with Crippen LogP contribution >= 0.6 is 11.3 Å². The SMILES string of the molecule is CONc1ccc2[nH]c(C(=O)Nc3ccc4[nH]c(C(=O)N5C[C@@H](C)C6C5=CC(=O)c5scc(C)c56)cc4c3)cc2c1. The molecule has 1 aliphatic carbocycles. The van der Waals surface area contributed by atoms with E-state index in [1.807, 2.05) is 42.6 Å². The van der Waals surface area contributed by atoms with Crippen LogP contribution in [0.4, 0.5) is 11.4 Å². The van der Waals surface area contributed by atoms with Gasteiger partial charge in [0.15, 0.2) is 5.78 Å². The van der Waals surface area contributed by atoms with Crippen LogP contribution in [0, 0.1) is 12.8 Å². The lowest BCUT2D eigenvalue weighted by Gasteiger charge is -2.24. The van der Waals surface area contributed by atoms with Gasteiger partial charge in [-0.05, 0) is 77.9 Å². The molecule has 41 heavy (non-hydrogen) atoms. The Kier molecular flexibility index (Phi) is 5.84. The predicted molar refractivity (Wildman–Crippen MR) is 160 cm³/mol. The minimum absolute atomic E-state index is 0.0321. The standard InChI is InChI=1S/C31H27N5O4S/c1-15-13-36(25-12-26(37)29-28(27(15)25)16(2)14-41-29)31(39)24-11-17-8-19(4-6-22(17)34-24)32-30(38)23-10-18-9-20(35-40-3)5-7-21(18)33-23/h4-12,14-15,27,33-35H,13H2,1-3H3,(H,32,38)/t15-,27?/m1/s1. The van der Waals surface area contributed by atoms with Crippen LogP contribution in [0.1, 0.15) is 54.6 Å². The molecule has 0 radical (unpaired) electrons. The third-order valence-electron chi connectivity index (χ3n) is 7.95. The fraction of sp³-hybridized carbons (Fsp3) is 0.194. The molecule has 1 fully saturated rings. The first kappa shape index (κ1) is 25.3. The minimum Gasteiger partial charge on any atom is -0.351 e. The summed E-state index contributed by atoms with van der Waals surface area (Å²) in [5.74, 6) is -0.240. The number of amides is 2. The quantitative estimate of drug-likeness (QED) is 0.189. The van der Waals surface area contributed by atoms with Gasteiger partial charge in [-0.25, -0.2) is 0 Å². The third kappa shape index (κ3) is 4.14. The molecule has 2 aromatic carbocycles. The number of nitrogens with zero attached hydrogens (tertiary/aromatic N) is 1. The van der Waals surface area contributed by atoms with Gasteiger partial charge in [0.1, 0.15) is 11.4 Å². The third-order valence-corrected chi connectivity index (χ3v) is 9.07. The first-order valence-electron chi connectivity index (χ1n) is 13.3. The number of aromatic nitrogens is 2. The van der Waals surface area contributed by atoms with Gasteiger partial charge in [-0.3, -0.25) is 24.7 Å². The summed E-state index contributed by atoms with van der Waals surface area (Å²) < 4.78 is 0. The molecule has 0 spiro atoms. The summed E-state index contributed by atoms with van der Waals surface area (Å²) in [7, 11) is 1.54. The Labute approximate surface area is 239 Å². The van der Waals surface area contributed by atoms with Crippen LogP contribution in [0.3, 0.4) is 0 Å². The normalized spacial score (nSPS) is 18.0. The van der Waals surface area contributed by atoms with Crippen molar-refractivity contribution >= 4 is 62.1 Å². The van der Waals surface area contributed by atoms with E-state index in [2.05, 4.69) is 27.7 Å². The molecular formula is C31H27N5O4S. The highest BCUT2D eigenvalue weighted by atomic mass is 32.1. The number of aryl methyl sites for hydroxylation is 1. The van der Waals surface area contributed by atoms with E-state index in [0.29, 0.717) is 23.6 Å². The number of hydrogen-bond donors (Lipinski definition) is 4. The molecule has 4 N–H and O–H groups in total. The zero-order chi connectivity index (χ0) is 28.4. The summed E-state index contributed by atoms with van der Waals surface area (Å²) >= 11 is 1.48. The summed E-state index contributed by atoms with van der Waals surface area (Å²) in [5.41, 5.74) is 9.61. The molecule has 0 saturated carbocycles. The molecule has 3 aromatic heterocycles. The van der Waals surface area contributed by atoms with E-state index < -0.39 is 0 Å². The average Bonchev–Trinajstić information content (AvgIpc) is 3.72. The number of likely N-dealkylation sites (tertiary alicyclic amines) is 1. The number of fused-ring (bicyclic) bond motifs is 5. The largest absolute Gasteiger partial charge is 0.351 e. The Morgan fingerprint density at radius 3 is 2.44 bits per heavy atom. The van der Waals surface area contributed by atoms with Gasteiger partial charge >= 0.3 is 0 Å². The highest BCUT2D eigenvalue weighted by molar-refractivity contribution is 7.12. The monoisotopic (exact) mass is 565 g/mol. The van der Waals surface area contributed by atoms with Crippen molar-refractivity contribution < 1.29 is 19.2 Å². The molecule has 9 nitrogen and oxygen atoms in total. The number of nitrogens with one attached hydrogen (secondary N) is 4. The number of hydrogen-bond acceptors (Lipinski definition) is 6. The molecule has 2 amide bonds. The van der Waals surface area contributed by atoms with Crippen molar-refractivity contribution in [2.24, 2.45) is 5.92 Å². The van der Waals surface area contributed by atoms with Gasteiger partial charge in [0.25, 0.3) is 11.8 Å². The van der Waals surface area contributed by atoms with Crippen LogP contribution in [0.5, 0.6) is 0 Å². The van der Waals surface area contributed by atoms with E-state index in [9.17, 15) is 14.4 Å². The Morgan fingerprint density at radius 1 is 1.00 bits per heavy atom. The summed E-state index contributed by atoms with van der Waals surface area (Å²) in [4.78, 5) is 53.4. The minimum atomic E-state index is -0.275. The van der Waals surface area contributed by atoms with E-state index in [1.54, 1.807) is 36.3 Å². The maximum Gasteiger partial charge on any atom is 0.274 e. The van der Waals surface area contributed by atoms with Gasteiger partial charge < -0.3 is 20.2 Å². The lowest BCUT2D eigenvalue weighted by Crippen LogP contribution is -2.29. The lowest BCUT2D eigenvalue weighted by atomic mass is 9.82.